The fraction of sp³-hybridized carbons (Fsp3) is 0.898. The number of aromatic nitrogens is 6. The monoisotopic (exact) mass is 2060 g/mol. The molecule has 4 saturated carbocycles. The lowest BCUT2D eigenvalue weighted by atomic mass is 9.74. The lowest BCUT2D eigenvalue weighted by Crippen LogP contribution is -2.68. The second-order valence-corrected chi connectivity index (χ2v) is 40.3. The van der Waals surface area contributed by atoms with Crippen molar-refractivity contribution in [1.29, 1.82) is 0 Å². The molecule has 0 spiro atoms. The summed E-state index contributed by atoms with van der Waals surface area (Å²) in [5.41, 5.74) is 12.5. The second kappa shape index (κ2) is 61.1. The van der Waals surface area contributed by atoms with Crippen molar-refractivity contribution < 1.29 is 165 Å². The van der Waals surface area contributed by atoms with Crippen molar-refractivity contribution >= 4 is 35.2 Å². The third-order valence-corrected chi connectivity index (χ3v) is 29.8. The maximum Gasteiger partial charge on any atom is 0.251 e. The molecule has 2 aromatic rings. The zero-order valence-corrected chi connectivity index (χ0v) is 84.4. The standard InChI is InChI=1S/C98H166N12O34/c1-5-63-45-65(69(113)21-13-23-99)47-71(91(63)135-57-77-85(119)89(123)83(117)59(3)137-77)141-97-81(93(87(121)75(53-111)143-97)139-73(95(125)107-25-15-26-107)43-61-17-9-7-10-18-61)101-79(115)51-109-49-67(103-105-109)55-133-41-39-131-37-35-129-33-31-127-29-30-128-32-34-130-36-38-132-40-42-134-56-68-50-110(106-104-68)52-80(116)102-82-94(140-74(96(126)108-27-16-28-108)44-62-19-11-8-12-20-62)88(122)76(54-112)144-98(82)142-72-48-66(70(114)22-14-24-100)46-64(6-2)92(72)136-58-78-86(120)90(124)84(118)60(4)138-78/h49-50,59-66,71-78,81-94,97-98,111-112,117-124H,5-48,51-58,99-100H2,1-4H3,(H,101,115)(H,102,116)/t59?,60?,63?,64?,65?,66?,71-,72-,73+,74+,75+,76+,77+,78+,81?,82?,83-,84-,85?,86?,87+,88+,89+,90+,91-,92-,93?,94?,97-,98-/m1/s1. The number of hydrogen-bond acceptors (Lipinski definition) is 40. The minimum Gasteiger partial charge on any atom is -0.394 e. The van der Waals surface area contributed by atoms with Crippen LogP contribution in [0.2, 0.25) is 0 Å². The number of aliphatic hydroxyl groups is 10. The third kappa shape index (κ3) is 34.4. The van der Waals surface area contributed by atoms with Gasteiger partial charge in [-0.3, -0.25) is 28.8 Å². The van der Waals surface area contributed by atoms with Gasteiger partial charge in [-0.25, -0.2) is 9.36 Å². The van der Waals surface area contributed by atoms with E-state index in [0.717, 1.165) is 77.0 Å². The molecular formula is C98H166N12O34. The number of rotatable bonds is 63. The highest BCUT2D eigenvalue weighted by Gasteiger charge is 2.56. The highest BCUT2D eigenvalue weighted by molar-refractivity contribution is 5.83. The molecule has 2 aromatic heterocycles. The largest absolute Gasteiger partial charge is 0.394 e. The molecule has 30 atom stereocenters. The van der Waals surface area contributed by atoms with Gasteiger partial charge in [0, 0.05) is 50.9 Å². The van der Waals surface area contributed by atoms with Gasteiger partial charge in [0.2, 0.25) is 11.8 Å². The molecule has 10 fully saturated rings. The van der Waals surface area contributed by atoms with E-state index in [2.05, 4.69) is 31.3 Å². The van der Waals surface area contributed by atoms with E-state index in [1.807, 2.05) is 13.8 Å². The van der Waals surface area contributed by atoms with Crippen LogP contribution < -0.4 is 22.1 Å². The Morgan fingerprint density at radius 3 is 1.10 bits per heavy atom. The molecule has 8 heterocycles. The fourth-order valence-electron chi connectivity index (χ4n) is 21.2. The number of ether oxygens (including phenoxy) is 18. The quantitative estimate of drug-likeness (QED) is 0.0336. The summed E-state index contributed by atoms with van der Waals surface area (Å²) >= 11 is 0. The Hall–Kier alpha value is -5.70. The number of aliphatic hydroxyl groups excluding tert-OH is 10. The lowest BCUT2D eigenvalue weighted by Gasteiger charge is -2.49. The van der Waals surface area contributed by atoms with Crippen LogP contribution in [0.4, 0.5) is 0 Å². The minimum absolute atomic E-state index is 0.0226. The van der Waals surface area contributed by atoms with Crippen molar-refractivity contribution in [3.8, 4) is 0 Å². The molecule has 4 aliphatic carbocycles. The Balaban J connectivity index is 0.534. The van der Waals surface area contributed by atoms with Crippen LogP contribution in [0.5, 0.6) is 0 Å². The fourth-order valence-corrected chi connectivity index (χ4v) is 21.2. The predicted molar refractivity (Wildman–Crippen MR) is 507 cm³/mol. The Kier molecular flexibility index (Phi) is 49.6. The first-order chi connectivity index (χ1) is 69.8. The number of likely N-dealkylation sites (tertiary alicyclic amines) is 2. The van der Waals surface area contributed by atoms with Crippen molar-refractivity contribution in [3.05, 3.63) is 23.8 Å². The van der Waals surface area contributed by atoms with Crippen molar-refractivity contribution in [1.82, 2.24) is 50.4 Å². The summed E-state index contributed by atoms with van der Waals surface area (Å²) in [5, 5.41) is 134. The third-order valence-electron chi connectivity index (χ3n) is 29.8. The van der Waals surface area contributed by atoms with E-state index in [4.69, 9.17) is 96.7 Å². The normalized spacial score (nSPS) is 32.9. The Morgan fingerprint density at radius 2 is 0.778 bits per heavy atom. The number of amides is 4. The molecule has 6 aliphatic heterocycles. The summed E-state index contributed by atoms with van der Waals surface area (Å²) in [7, 11) is 0. The number of nitrogens with zero attached hydrogens (tertiary/aromatic N) is 8. The zero-order valence-electron chi connectivity index (χ0n) is 84.4. The highest BCUT2D eigenvalue weighted by Crippen LogP contribution is 2.44. The number of nitrogens with two attached hydrogens (primary N) is 2. The smallest absolute Gasteiger partial charge is 0.251 e. The average molecular weight is 2060 g/mol. The van der Waals surface area contributed by atoms with E-state index in [0.29, 0.717) is 168 Å². The van der Waals surface area contributed by atoms with Gasteiger partial charge in [0.15, 0.2) is 12.6 Å². The Bertz CT molecular complexity index is 3800. The van der Waals surface area contributed by atoms with Crippen molar-refractivity contribution in [2.45, 2.75) is 367 Å². The van der Waals surface area contributed by atoms with Gasteiger partial charge in [-0.1, -0.05) is 101 Å². The van der Waals surface area contributed by atoms with Gasteiger partial charge in [0.1, 0.15) is 146 Å². The molecule has 6 saturated heterocycles. The van der Waals surface area contributed by atoms with Gasteiger partial charge in [0.25, 0.3) is 11.8 Å². The van der Waals surface area contributed by atoms with Gasteiger partial charge in [0.05, 0.1) is 181 Å². The number of nitrogens with one attached hydrogen (secondary N) is 2. The van der Waals surface area contributed by atoms with Gasteiger partial charge in [-0.2, -0.15) is 0 Å². The van der Waals surface area contributed by atoms with Crippen molar-refractivity contribution in [3.63, 3.8) is 0 Å². The SMILES string of the molecule is CCC1CC(C(=O)CCCN)C[C@@H](O[C@@H]2O[C@@H](CO)[C@H](O)C(O[C@@H](CC3CCCCC3)C(=O)N3CCC3)C2NC(=O)Cn2cc(COCCOCCOCCOCCOCCOCCOCCOCc3cn(CC(=O)NC4C(O[C@@H](CC5CCCCC5)C(=O)N5CCC5)[C@@H](O)[C@H](CO)O[C@H]4O[C@@H]4CC(C(=O)CCCN)CC(CC)[C@H]4OC[C@@H]4OC(C)[C@@H](O)[C@H](O)C4O)nn3)nn2)[C@@H]1OC[C@@H]1OC(C)[C@@H](O)[C@H](O)C1O. The van der Waals surface area contributed by atoms with Crippen molar-refractivity contribution in [2.75, 3.05) is 158 Å². The van der Waals surface area contributed by atoms with Crippen molar-refractivity contribution in [2.24, 2.45) is 47.0 Å². The molecular weight excluding hydrogens is 1890 g/mol. The van der Waals surface area contributed by atoms with E-state index in [1.54, 1.807) is 36.0 Å². The van der Waals surface area contributed by atoms with E-state index in [9.17, 15) is 79.8 Å². The number of Topliss-reactive ketones (excluding diaryl/α,β-unsaturated/α-hetero) is 2. The van der Waals surface area contributed by atoms with Gasteiger partial charge < -0.3 is 168 Å². The van der Waals surface area contributed by atoms with Gasteiger partial charge in [-0.15, -0.1) is 10.2 Å². The first-order valence-corrected chi connectivity index (χ1v) is 52.9. The van der Waals surface area contributed by atoms with E-state index >= 15 is 0 Å². The van der Waals surface area contributed by atoms with E-state index < -0.39 is 196 Å². The van der Waals surface area contributed by atoms with Crippen LogP contribution in [0.3, 0.4) is 0 Å². The summed E-state index contributed by atoms with van der Waals surface area (Å²) in [4.78, 5) is 89.2. The molecule has 0 radical (unpaired) electrons. The van der Waals surface area contributed by atoms with Crippen LogP contribution in [0.25, 0.3) is 0 Å². The molecule has 10 aliphatic rings. The first kappa shape index (κ1) is 117. The molecule has 16 N–H and O–H groups in total. The first-order valence-electron chi connectivity index (χ1n) is 52.9. The molecule has 4 amide bonds. The molecule has 144 heavy (non-hydrogen) atoms. The Labute approximate surface area is 843 Å². The summed E-state index contributed by atoms with van der Waals surface area (Å²) in [6.45, 7) is 11.4. The highest BCUT2D eigenvalue weighted by atomic mass is 16.7. The van der Waals surface area contributed by atoms with Crippen LogP contribution in [-0.2, 0) is 140 Å². The number of carbonyl (C=O) groups excluding carboxylic acids is 6. The topological polar surface area (TPSA) is 615 Å². The summed E-state index contributed by atoms with van der Waals surface area (Å²) in [6, 6.07) is -2.69. The second-order valence-electron chi connectivity index (χ2n) is 40.3. The maximum atomic E-state index is 14.5. The molecule has 46 heteroatoms. The molecule has 0 bridgehead atoms. The van der Waals surface area contributed by atoms with Gasteiger partial charge >= 0.3 is 0 Å². The van der Waals surface area contributed by atoms with Crippen LogP contribution in [0.15, 0.2) is 12.4 Å². The molecule has 12 rings (SSSR count). The summed E-state index contributed by atoms with van der Waals surface area (Å²) < 4.78 is 114. The zero-order chi connectivity index (χ0) is 103. The lowest BCUT2D eigenvalue weighted by molar-refractivity contribution is -0.308. The van der Waals surface area contributed by atoms with Crippen LogP contribution in [0.1, 0.15) is 193 Å². The van der Waals surface area contributed by atoms with Crippen LogP contribution in [-0.4, -0.2) is 443 Å². The number of ketones is 2. The molecule has 0 aromatic carbocycles. The average Bonchev–Trinajstić information content (AvgIpc) is 0.897. The number of hydrogen-bond donors (Lipinski definition) is 14. The van der Waals surface area contributed by atoms with E-state index in [1.165, 1.54) is 9.36 Å². The van der Waals surface area contributed by atoms with Crippen LogP contribution in [0, 0.1) is 35.5 Å². The molecule has 822 valence electrons. The van der Waals surface area contributed by atoms with E-state index in [-0.39, 0.29) is 139 Å². The Morgan fingerprint density at radius 1 is 0.431 bits per heavy atom. The predicted octanol–water partition coefficient (Wildman–Crippen LogP) is -1.49. The minimum atomic E-state index is -1.59. The molecule has 12 unspecified atom stereocenters. The molecule has 46 nitrogen and oxygen atoms in total. The summed E-state index contributed by atoms with van der Waals surface area (Å²) in [6.07, 6.45) is -10.9. The van der Waals surface area contributed by atoms with Crippen LogP contribution >= 0.6 is 0 Å². The number of carbonyl (C=O) groups is 6. The summed E-state index contributed by atoms with van der Waals surface area (Å²) in [5.74, 6) is -3.12. The maximum absolute atomic E-state index is 14.5. The van der Waals surface area contributed by atoms with Gasteiger partial charge in [-0.05, 0) is 115 Å².